The molecule has 0 radical (unpaired) electrons. The Morgan fingerprint density at radius 3 is 2.45 bits per heavy atom. The second-order valence-corrected chi connectivity index (χ2v) is 4.75. The van der Waals surface area contributed by atoms with E-state index < -0.39 is 17.9 Å². The lowest BCUT2D eigenvalue weighted by Gasteiger charge is -2.31. The standard InChI is InChI=1S/C13H21N3O4/c1-2-7-16-8-5-10(6-9-16)14-13(20)15-11(17)3-4-12(18)19/h3-4,10H,2,5-9H2,1H3,(H,18,19)(H2,14,15,17,20). The van der Waals surface area contributed by atoms with E-state index in [4.69, 9.17) is 5.11 Å². The number of carbonyl (C=O) groups excluding carboxylic acids is 2. The molecule has 0 spiro atoms. The zero-order valence-corrected chi connectivity index (χ0v) is 11.6. The second kappa shape index (κ2) is 8.31. The summed E-state index contributed by atoms with van der Waals surface area (Å²) in [5.41, 5.74) is 0. The minimum absolute atomic E-state index is 0.0550. The predicted octanol–water partition coefficient (Wildman–Crippen LogP) is 0.327. The molecule has 7 nitrogen and oxygen atoms in total. The molecule has 0 bridgehead atoms. The summed E-state index contributed by atoms with van der Waals surface area (Å²) in [4.78, 5) is 35.3. The summed E-state index contributed by atoms with van der Waals surface area (Å²) in [6, 6.07) is -0.529. The number of aliphatic carboxylic acids is 1. The fraction of sp³-hybridized carbons (Fsp3) is 0.615. The first-order chi connectivity index (χ1) is 9.51. The van der Waals surface area contributed by atoms with Gasteiger partial charge in [0.1, 0.15) is 0 Å². The number of amides is 3. The maximum Gasteiger partial charge on any atom is 0.328 e. The predicted molar refractivity (Wildman–Crippen MR) is 73.2 cm³/mol. The smallest absolute Gasteiger partial charge is 0.328 e. The topological polar surface area (TPSA) is 98.7 Å². The van der Waals surface area contributed by atoms with Gasteiger partial charge in [-0.3, -0.25) is 10.1 Å². The highest BCUT2D eigenvalue weighted by atomic mass is 16.4. The van der Waals surface area contributed by atoms with Crippen molar-refractivity contribution in [3.63, 3.8) is 0 Å². The molecule has 7 heteroatoms. The van der Waals surface area contributed by atoms with E-state index in [1.807, 2.05) is 0 Å². The largest absolute Gasteiger partial charge is 0.478 e. The van der Waals surface area contributed by atoms with Crippen LogP contribution in [0.3, 0.4) is 0 Å². The van der Waals surface area contributed by atoms with Crippen molar-refractivity contribution in [3.05, 3.63) is 12.2 Å². The third-order valence-electron chi connectivity index (χ3n) is 3.08. The average molecular weight is 283 g/mol. The molecular formula is C13H21N3O4. The van der Waals surface area contributed by atoms with Gasteiger partial charge in [-0.2, -0.15) is 0 Å². The van der Waals surface area contributed by atoms with Crippen LogP contribution in [-0.4, -0.2) is 53.6 Å². The lowest BCUT2D eigenvalue weighted by Crippen LogP contribution is -2.49. The monoisotopic (exact) mass is 283 g/mol. The molecule has 0 atom stereocenters. The Balaban J connectivity index is 2.26. The lowest BCUT2D eigenvalue weighted by atomic mass is 10.1. The molecule has 1 heterocycles. The molecule has 0 saturated carbocycles. The molecule has 1 aliphatic rings. The molecule has 1 saturated heterocycles. The van der Waals surface area contributed by atoms with Crippen LogP contribution in [0.5, 0.6) is 0 Å². The third kappa shape index (κ3) is 6.33. The molecule has 0 aliphatic carbocycles. The summed E-state index contributed by atoms with van der Waals surface area (Å²) in [5, 5.41) is 13.1. The first kappa shape index (κ1) is 16.2. The van der Waals surface area contributed by atoms with E-state index in [0.717, 1.165) is 45.0 Å². The van der Waals surface area contributed by atoms with Crippen LogP contribution in [-0.2, 0) is 9.59 Å². The normalized spacial score (nSPS) is 17.1. The number of rotatable bonds is 5. The number of carboxylic acid groups (broad SMARTS) is 1. The highest BCUT2D eigenvalue weighted by molar-refractivity contribution is 6.02. The van der Waals surface area contributed by atoms with Gasteiger partial charge in [0.15, 0.2) is 0 Å². The van der Waals surface area contributed by atoms with Crippen LogP contribution in [0.2, 0.25) is 0 Å². The number of nitrogens with zero attached hydrogens (tertiary/aromatic N) is 1. The maximum atomic E-state index is 11.5. The van der Waals surface area contributed by atoms with Crippen LogP contribution >= 0.6 is 0 Å². The van der Waals surface area contributed by atoms with E-state index in [-0.39, 0.29) is 6.04 Å². The summed E-state index contributed by atoms with van der Waals surface area (Å²) in [6.45, 7) is 5.07. The molecule has 3 N–H and O–H groups in total. The maximum absolute atomic E-state index is 11.5. The molecule has 1 aliphatic heterocycles. The number of imide groups is 1. The van der Waals surface area contributed by atoms with E-state index in [2.05, 4.69) is 22.5 Å². The van der Waals surface area contributed by atoms with E-state index in [0.29, 0.717) is 6.08 Å². The SMILES string of the molecule is CCCN1CCC(NC(=O)NC(=O)C=CC(=O)O)CC1. The van der Waals surface area contributed by atoms with Gasteiger partial charge < -0.3 is 15.3 Å². The molecule has 20 heavy (non-hydrogen) atoms. The van der Waals surface area contributed by atoms with Crippen molar-refractivity contribution < 1.29 is 19.5 Å². The van der Waals surface area contributed by atoms with Crippen molar-refractivity contribution in [1.82, 2.24) is 15.5 Å². The number of piperidine rings is 1. The summed E-state index contributed by atoms with van der Waals surface area (Å²) >= 11 is 0. The summed E-state index contributed by atoms with van der Waals surface area (Å²) < 4.78 is 0. The van der Waals surface area contributed by atoms with Gasteiger partial charge in [-0.25, -0.2) is 9.59 Å². The third-order valence-corrected chi connectivity index (χ3v) is 3.08. The van der Waals surface area contributed by atoms with Gasteiger partial charge in [-0.1, -0.05) is 6.92 Å². The average Bonchev–Trinajstić information content (AvgIpc) is 2.39. The zero-order chi connectivity index (χ0) is 15.0. The molecular weight excluding hydrogens is 262 g/mol. The Kier molecular flexibility index (Phi) is 6.72. The van der Waals surface area contributed by atoms with Crippen molar-refractivity contribution in [2.24, 2.45) is 0 Å². The minimum atomic E-state index is -1.23. The van der Waals surface area contributed by atoms with Crippen molar-refractivity contribution in [2.75, 3.05) is 19.6 Å². The molecule has 0 aromatic rings. The van der Waals surface area contributed by atoms with Crippen LogP contribution in [0.15, 0.2) is 12.2 Å². The van der Waals surface area contributed by atoms with Crippen LogP contribution < -0.4 is 10.6 Å². The zero-order valence-electron chi connectivity index (χ0n) is 11.6. The van der Waals surface area contributed by atoms with Gasteiger partial charge in [-0.15, -0.1) is 0 Å². The minimum Gasteiger partial charge on any atom is -0.478 e. The summed E-state index contributed by atoms with van der Waals surface area (Å²) in [7, 11) is 0. The molecule has 3 amide bonds. The Hall–Kier alpha value is -1.89. The van der Waals surface area contributed by atoms with Crippen LogP contribution in [0.25, 0.3) is 0 Å². The molecule has 0 aromatic carbocycles. The second-order valence-electron chi connectivity index (χ2n) is 4.75. The highest BCUT2D eigenvalue weighted by Gasteiger charge is 2.20. The van der Waals surface area contributed by atoms with Gasteiger partial charge in [0.25, 0.3) is 5.91 Å². The first-order valence-electron chi connectivity index (χ1n) is 6.76. The van der Waals surface area contributed by atoms with Gasteiger partial charge in [-0.05, 0) is 25.8 Å². The first-order valence-corrected chi connectivity index (χ1v) is 6.76. The van der Waals surface area contributed by atoms with Crippen molar-refractivity contribution in [3.8, 4) is 0 Å². The van der Waals surface area contributed by atoms with Crippen LogP contribution in [0.4, 0.5) is 4.79 Å². The Labute approximate surface area is 118 Å². The van der Waals surface area contributed by atoms with Crippen LogP contribution in [0, 0.1) is 0 Å². The summed E-state index contributed by atoms with van der Waals surface area (Å²) in [6.07, 6.45) is 4.32. The molecule has 0 unspecified atom stereocenters. The van der Waals surface area contributed by atoms with Crippen LogP contribution in [0.1, 0.15) is 26.2 Å². The highest BCUT2D eigenvalue weighted by Crippen LogP contribution is 2.10. The van der Waals surface area contributed by atoms with Crippen molar-refractivity contribution in [1.29, 1.82) is 0 Å². The Bertz CT molecular complexity index is 387. The molecule has 1 fully saturated rings. The fourth-order valence-electron chi connectivity index (χ4n) is 2.14. The van der Waals surface area contributed by atoms with E-state index in [1.54, 1.807) is 0 Å². The fourth-order valence-corrected chi connectivity index (χ4v) is 2.14. The number of nitrogens with one attached hydrogen (secondary N) is 2. The lowest BCUT2D eigenvalue weighted by molar-refractivity contribution is -0.131. The van der Waals surface area contributed by atoms with Gasteiger partial charge in [0.05, 0.1) is 0 Å². The molecule has 0 aromatic heterocycles. The Morgan fingerprint density at radius 1 is 1.25 bits per heavy atom. The van der Waals surface area contributed by atoms with Gasteiger partial charge in [0.2, 0.25) is 0 Å². The van der Waals surface area contributed by atoms with E-state index >= 15 is 0 Å². The molecule has 1 rings (SSSR count). The van der Waals surface area contributed by atoms with Gasteiger partial charge >= 0.3 is 12.0 Å². The number of likely N-dealkylation sites (tertiary alicyclic amines) is 1. The number of urea groups is 1. The molecule has 112 valence electrons. The van der Waals surface area contributed by atoms with Crippen molar-refractivity contribution >= 4 is 17.9 Å². The van der Waals surface area contributed by atoms with E-state index in [1.165, 1.54) is 0 Å². The quantitative estimate of drug-likeness (QED) is 0.631. The number of carboxylic acids is 1. The van der Waals surface area contributed by atoms with Crippen molar-refractivity contribution in [2.45, 2.75) is 32.2 Å². The summed E-state index contributed by atoms with van der Waals surface area (Å²) in [5.74, 6) is -1.97. The number of hydrogen-bond donors (Lipinski definition) is 3. The Morgan fingerprint density at radius 2 is 1.90 bits per heavy atom. The van der Waals surface area contributed by atoms with E-state index in [9.17, 15) is 14.4 Å². The number of carbonyl (C=O) groups is 3. The number of hydrogen-bond acceptors (Lipinski definition) is 4. The van der Waals surface area contributed by atoms with Gasteiger partial charge in [0, 0.05) is 31.3 Å².